The van der Waals surface area contributed by atoms with Crippen molar-refractivity contribution in [1.29, 1.82) is 0 Å². The van der Waals surface area contributed by atoms with Gasteiger partial charge in [0.2, 0.25) is 0 Å². The second kappa shape index (κ2) is 14.4. The summed E-state index contributed by atoms with van der Waals surface area (Å²) in [6.45, 7) is 6.10. The molecule has 1 fully saturated rings. The number of carboxylic acid groups (broad SMARTS) is 1. The molecule has 0 spiro atoms. The first-order valence-electron chi connectivity index (χ1n) is 13.1. The maximum Gasteiger partial charge on any atom is 0.407 e. The molecule has 4 amide bonds. The lowest BCUT2D eigenvalue weighted by atomic mass is 10.1. The summed E-state index contributed by atoms with van der Waals surface area (Å²) < 4.78 is 5.15. The zero-order valence-corrected chi connectivity index (χ0v) is 23.9. The maximum absolute atomic E-state index is 12.7. The molecule has 1 heterocycles. The summed E-state index contributed by atoms with van der Waals surface area (Å²) in [5.74, 6) is -2.03. The van der Waals surface area contributed by atoms with Crippen molar-refractivity contribution in [2.24, 2.45) is 0 Å². The quantitative estimate of drug-likeness (QED) is 0.179. The van der Waals surface area contributed by atoms with Gasteiger partial charge in [-0.3, -0.25) is 19.7 Å². The Morgan fingerprint density at radius 3 is 2.44 bits per heavy atom. The van der Waals surface area contributed by atoms with E-state index in [0.29, 0.717) is 36.4 Å². The monoisotopic (exact) mass is 582 g/mol. The van der Waals surface area contributed by atoms with E-state index in [1.54, 1.807) is 51.1 Å². The average Bonchev–Trinajstić information content (AvgIpc) is 3.21. The van der Waals surface area contributed by atoms with E-state index in [1.165, 1.54) is 0 Å². The number of benzene rings is 2. The Hall–Kier alpha value is -4.32. The topological polar surface area (TPSA) is 163 Å². The SMILES string of the molecule is CC(C)(C)OC(=O)NCCCC[C@H](NC(=O)c1ccc(CNc2cccc(/C=C3\SC(=O)NC3=O)c2)cc1)C(=O)O. The molecule has 218 valence electrons. The molecule has 1 atom stereocenters. The van der Waals surface area contributed by atoms with Crippen LogP contribution in [0.15, 0.2) is 53.4 Å². The fraction of sp³-hybridized carbons (Fsp3) is 0.345. The summed E-state index contributed by atoms with van der Waals surface area (Å²) in [5, 5.41) is 19.8. The second-order valence-electron chi connectivity index (χ2n) is 10.3. The van der Waals surface area contributed by atoms with E-state index < -0.39 is 40.8 Å². The van der Waals surface area contributed by atoms with Gasteiger partial charge >= 0.3 is 12.1 Å². The highest BCUT2D eigenvalue weighted by Gasteiger charge is 2.25. The van der Waals surface area contributed by atoms with Crippen LogP contribution in [0.4, 0.5) is 15.3 Å². The van der Waals surface area contributed by atoms with Crippen LogP contribution in [0.3, 0.4) is 0 Å². The number of carboxylic acids is 1. The third-order valence-corrected chi connectivity index (χ3v) is 6.54. The number of imide groups is 1. The molecule has 0 radical (unpaired) electrons. The van der Waals surface area contributed by atoms with Gasteiger partial charge in [0.05, 0.1) is 4.91 Å². The average molecular weight is 583 g/mol. The molecular weight excluding hydrogens is 548 g/mol. The number of ether oxygens (including phenoxy) is 1. The zero-order chi connectivity index (χ0) is 30.0. The molecule has 0 saturated carbocycles. The molecule has 5 N–H and O–H groups in total. The van der Waals surface area contributed by atoms with Gasteiger partial charge in [-0.15, -0.1) is 0 Å². The lowest BCUT2D eigenvalue weighted by Crippen LogP contribution is -2.40. The largest absolute Gasteiger partial charge is 0.480 e. The molecule has 2 aromatic rings. The number of nitrogens with one attached hydrogen (secondary N) is 4. The van der Waals surface area contributed by atoms with E-state index in [2.05, 4.69) is 21.3 Å². The van der Waals surface area contributed by atoms with Crippen LogP contribution in [0.25, 0.3) is 6.08 Å². The Labute approximate surface area is 242 Å². The van der Waals surface area contributed by atoms with Crippen LogP contribution in [0, 0.1) is 0 Å². The summed E-state index contributed by atoms with van der Waals surface area (Å²) in [5.41, 5.74) is 2.21. The van der Waals surface area contributed by atoms with Gasteiger partial charge in [-0.1, -0.05) is 24.3 Å². The van der Waals surface area contributed by atoms with Crippen molar-refractivity contribution in [2.45, 2.75) is 58.2 Å². The molecule has 1 aliphatic heterocycles. The van der Waals surface area contributed by atoms with Crippen LogP contribution in [0.2, 0.25) is 0 Å². The van der Waals surface area contributed by atoms with E-state index >= 15 is 0 Å². The normalized spacial score (nSPS) is 14.8. The van der Waals surface area contributed by atoms with Crippen molar-refractivity contribution in [3.63, 3.8) is 0 Å². The number of alkyl carbamates (subject to hydrolysis) is 1. The minimum atomic E-state index is -1.13. The molecule has 1 aliphatic rings. The molecule has 41 heavy (non-hydrogen) atoms. The van der Waals surface area contributed by atoms with E-state index in [-0.39, 0.29) is 6.42 Å². The minimum Gasteiger partial charge on any atom is -0.480 e. The smallest absolute Gasteiger partial charge is 0.407 e. The Bertz CT molecular complexity index is 1320. The first kappa shape index (κ1) is 31.2. The van der Waals surface area contributed by atoms with Crippen molar-refractivity contribution in [3.05, 3.63) is 70.1 Å². The minimum absolute atomic E-state index is 0.217. The van der Waals surface area contributed by atoms with Crippen molar-refractivity contribution in [3.8, 4) is 0 Å². The fourth-order valence-corrected chi connectivity index (χ4v) is 4.45. The number of anilines is 1. The van der Waals surface area contributed by atoms with E-state index in [1.807, 2.05) is 24.3 Å². The van der Waals surface area contributed by atoms with Crippen LogP contribution < -0.4 is 21.3 Å². The number of thioether (sulfide) groups is 1. The summed E-state index contributed by atoms with van der Waals surface area (Å²) in [4.78, 5) is 59.5. The van der Waals surface area contributed by atoms with Gasteiger partial charge in [0.15, 0.2) is 0 Å². The number of amides is 4. The van der Waals surface area contributed by atoms with Crippen molar-refractivity contribution in [1.82, 2.24) is 16.0 Å². The summed E-state index contributed by atoms with van der Waals surface area (Å²) in [6.07, 6.45) is 2.36. The maximum atomic E-state index is 12.7. The van der Waals surface area contributed by atoms with Gasteiger partial charge < -0.3 is 25.8 Å². The van der Waals surface area contributed by atoms with Crippen LogP contribution in [0.1, 0.15) is 61.5 Å². The Kier molecular flexibility index (Phi) is 10.9. The molecule has 1 saturated heterocycles. The van der Waals surface area contributed by atoms with Gasteiger partial charge in [0, 0.05) is 24.3 Å². The van der Waals surface area contributed by atoms with Gasteiger partial charge in [-0.25, -0.2) is 9.59 Å². The number of carbonyl (C=O) groups is 5. The van der Waals surface area contributed by atoms with Crippen molar-refractivity contribution >= 4 is 52.6 Å². The third-order valence-electron chi connectivity index (χ3n) is 5.73. The number of hydrogen-bond donors (Lipinski definition) is 5. The first-order valence-corrected chi connectivity index (χ1v) is 13.9. The highest BCUT2D eigenvalue weighted by atomic mass is 32.2. The molecular formula is C29H34N4O7S. The fourth-order valence-electron chi connectivity index (χ4n) is 3.77. The summed E-state index contributed by atoms with van der Waals surface area (Å²) in [6, 6.07) is 13.1. The van der Waals surface area contributed by atoms with E-state index in [4.69, 9.17) is 4.74 Å². The van der Waals surface area contributed by atoms with Gasteiger partial charge in [0.1, 0.15) is 11.6 Å². The first-order chi connectivity index (χ1) is 19.4. The van der Waals surface area contributed by atoms with Gasteiger partial charge in [-0.2, -0.15) is 0 Å². The Morgan fingerprint density at radius 2 is 1.80 bits per heavy atom. The molecule has 0 bridgehead atoms. The highest BCUT2D eigenvalue weighted by Crippen LogP contribution is 2.26. The zero-order valence-electron chi connectivity index (χ0n) is 23.1. The lowest BCUT2D eigenvalue weighted by Gasteiger charge is -2.19. The third kappa shape index (κ3) is 10.6. The molecule has 12 heteroatoms. The van der Waals surface area contributed by atoms with Gasteiger partial charge in [0.25, 0.3) is 17.1 Å². The predicted octanol–water partition coefficient (Wildman–Crippen LogP) is 4.50. The standard InChI is InChI=1S/C29H34N4O7S/c1-29(2,3)40-27(38)30-14-5-4-9-22(26(36)37)32-24(34)20-12-10-18(11-13-20)17-31-21-8-6-7-19(15-21)16-23-25(35)33-28(39)41-23/h6-8,10-13,15-16,22,31H,4-5,9,14,17H2,1-3H3,(H,30,38)(H,32,34)(H,36,37)(H,33,35,39)/b23-16-/t22-/m0/s1. The van der Waals surface area contributed by atoms with Crippen LogP contribution in [-0.4, -0.2) is 52.4 Å². The molecule has 2 aromatic carbocycles. The number of hydrogen-bond acceptors (Lipinski definition) is 8. The van der Waals surface area contributed by atoms with Gasteiger partial charge in [-0.05, 0) is 93.3 Å². The Balaban J connectivity index is 1.46. The Morgan fingerprint density at radius 1 is 1.07 bits per heavy atom. The van der Waals surface area contributed by atoms with Crippen LogP contribution in [0.5, 0.6) is 0 Å². The molecule has 11 nitrogen and oxygen atoms in total. The lowest BCUT2D eigenvalue weighted by molar-refractivity contribution is -0.139. The summed E-state index contributed by atoms with van der Waals surface area (Å²) >= 11 is 0.859. The molecule has 0 unspecified atom stereocenters. The summed E-state index contributed by atoms with van der Waals surface area (Å²) in [7, 11) is 0. The number of carbonyl (C=O) groups excluding carboxylic acids is 4. The number of aliphatic carboxylic acids is 1. The van der Waals surface area contributed by atoms with E-state index in [9.17, 15) is 29.1 Å². The molecule has 3 rings (SSSR count). The molecule has 0 aromatic heterocycles. The number of unbranched alkanes of at least 4 members (excludes halogenated alkanes) is 1. The highest BCUT2D eigenvalue weighted by molar-refractivity contribution is 8.18. The van der Waals surface area contributed by atoms with Crippen molar-refractivity contribution < 1.29 is 33.8 Å². The van der Waals surface area contributed by atoms with Crippen molar-refractivity contribution in [2.75, 3.05) is 11.9 Å². The van der Waals surface area contributed by atoms with Crippen LogP contribution >= 0.6 is 11.8 Å². The molecule has 0 aliphatic carbocycles. The predicted molar refractivity (Wildman–Crippen MR) is 156 cm³/mol. The number of rotatable bonds is 12. The van der Waals surface area contributed by atoms with E-state index in [0.717, 1.165) is 28.6 Å². The second-order valence-corrected chi connectivity index (χ2v) is 11.3. The van der Waals surface area contributed by atoms with Crippen LogP contribution in [-0.2, 0) is 20.9 Å².